The molecule has 0 amide bonds. The van der Waals surface area contributed by atoms with Crippen molar-refractivity contribution in [2.24, 2.45) is 5.92 Å². The molecule has 2 rings (SSSR count). The van der Waals surface area contributed by atoms with Gasteiger partial charge in [0.2, 0.25) is 0 Å². The Bertz CT molecular complexity index is 439. The zero-order valence-electron chi connectivity index (χ0n) is 11.6. The molecule has 19 heavy (non-hydrogen) atoms. The van der Waals surface area contributed by atoms with Crippen LogP contribution < -0.4 is 5.32 Å². The van der Waals surface area contributed by atoms with E-state index >= 15 is 0 Å². The van der Waals surface area contributed by atoms with Gasteiger partial charge in [0.25, 0.3) is 0 Å². The standard InChI is InChI=1S/C14H22ClN3O/c1-3-4-12-17-13(15)9(2)14(18-12)16-8-10-5-6-11(19)7-10/h10-11,19H,3-8H2,1-2H3,(H,16,17,18). The van der Waals surface area contributed by atoms with Gasteiger partial charge in [-0.2, -0.15) is 0 Å². The van der Waals surface area contributed by atoms with Crippen LogP contribution in [-0.2, 0) is 6.42 Å². The van der Waals surface area contributed by atoms with Crippen molar-refractivity contribution in [3.05, 3.63) is 16.5 Å². The van der Waals surface area contributed by atoms with Crippen LogP contribution in [0.2, 0.25) is 5.15 Å². The van der Waals surface area contributed by atoms with Gasteiger partial charge in [-0.15, -0.1) is 0 Å². The van der Waals surface area contributed by atoms with E-state index in [-0.39, 0.29) is 6.10 Å². The number of hydrogen-bond acceptors (Lipinski definition) is 4. The number of aliphatic hydroxyl groups excluding tert-OH is 1. The van der Waals surface area contributed by atoms with Crippen molar-refractivity contribution >= 4 is 17.4 Å². The molecule has 1 fully saturated rings. The largest absolute Gasteiger partial charge is 0.393 e. The molecule has 0 spiro atoms. The Kier molecular flexibility index (Phi) is 4.99. The average Bonchev–Trinajstić information content (AvgIpc) is 2.78. The molecule has 1 saturated carbocycles. The van der Waals surface area contributed by atoms with Gasteiger partial charge in [-0.25, -0.2) is 9.97 Å². The van der Waals surface area contributed by atoms with Crippen molar-refractivity contribution in [2.75, 3.05) is 11.9 Å². The summed E-state index contributed by atoms with van der Waals surface area (Å²) in [7, 11) is 0. The van der Waals surface area contributed by atoms with Gasteiger partial charge in [-0.1, -0.05) is 18.5 Å². The van der Waals surface area contributed by atoms with E-state index in [2.05, 4.69) is 22.2 Å². The fourth-order valence-electron chi connectivity index (χ4n) is 2.52. The molecular formula is C14H22ClN3O. The average molecular weight is 284 g/mol. The summed E-state index contributed by atoms with van der Waals surface area (Å²) in [5.41, 5.74) is 0.903. The summed E-state index contributed by atoms with van der Waals surface area (Å²) in [6.07, 6.45) is 4.60. The van der Waals surface area contributed by atoms with E-state index in [0.29, 0.717) is 11.1 Å². The van der Waals surface area contributed by atoms with Crippen molar-refractivity contribution in [3.63, 3.8) is 0 Å². The van der Waals surface area contributed by atoms with Gasteiger partial charge in [-0.05, 0) is 38.5 Å². The molecule has 5 heteroatoms. The summed E-state index contributed by atoms with van der Waals surface area (Å²) in [5.74, 6) is 2.16. The highest BCUT2D eigenvalue weighted by atomic mass is 35.5. The molecule has 0 radical (unpaired) electrons. The van der Waals surface area contributed by atoms with Crippen LogP contribution in [0.1, 0.15) is 44.0 Å². The van der Waals surface area contributed by atoms with Crippen LogP contribution in [0.4, 0.5) is 5.82 Å². The smallest absolute Gasteiger partial charge is 0.137 e. The lowest BCUT2D eigenvalue weighted by molar-refractivity contribution is 0.178. The Morgan fingerprint density at radius 2 is 2.16 bits per heavy atom. The first-order valence-corrected chi connectivity index (χ1v) is 7.43. The Morgan fingerprint density at radius 1 is 1.37 bits per heavy atom. The zero-order chi connectivity index (χ0) is 13.8. The van der Waals surface area contributed by atoms with Crippen molar-refractivity contribution in [3.8, 4) is 0 Å². The van der Waals surface area contributed by atoms with Crippen LogP contribution in [0.5, 0.6) is 0 Å². The summed E-state index contributed by atoms with van der Waals surface area (Å²) < 4.78 is 0. The Hall–Kier alpha value is -0.870. The van der Waals surface area contributed by atoms with Crippen molar-refractivity contribution < 1.29 is 5.11 Å². The quantitative estimate of drug-likeness (QED) is 0.816. The van der Waals surface area contributed by atoms with Gasteiger partial charge in [0.1, 0.15) is 16.8 Å². The molecular weight excluding hydrogens is 262 g/mol. The maximum Gasteiger partial charge on any atom is 0.137 e. The number of aromatic nitrogens is 2. The van der Waals surface area contributed by atoms with E-state index < -0.39 is 0 Å². The summed E-state index contributed by atoms with van der Waals surface area (Å²) in [6.45, 7) is 4.88. The molecule has 2 unspecified atom stereocenters. The molecule has 1 heterocycles. The lowest BCUT2D eigenvalue weighted by Gasteiger charge is -2.14. The molecule has 106 valence electrons. The number of nitrogens with one attached hydrogen (secondary N) is 1. The Balaban J connectivity index is 2.02. The van der Waals surface area contributed by atoms with Crippen molar-refractivity contribution in [2.45, 2.75) is 52.1 Å². The molecule has 0 bridgehead atoms. The fourth-order valence-corrected chi connectivity index (χ4v) is 2.70. The summed E-state index contributed by atoms with van der Waals surface area (Å²) in [6, 6.07) is 0. The first-order valence-electron chi connectivity index (χ1n) is 7.05. The van der Waals surface area contributed by atoms with Crippen LogP contribution in [0.15, 0.2) is 0 Å². The number of aliphatic hydroxyl groups is 1. The first-order chi connectivity index (χ1) is 9.10. The number of rotatable bonds is 5. The number of aryl methyl sites for hydroxylation is 1. The molecule has 2 atom stereocenters. The van der Waals surface area contributed by atoms with E-state index in [9.17, 15) is 5.11 Å². The van der Waals surface area contributed by atoms with Gasteiger partial charge in [0.05, 0.1) is 6.10 Å². The van der Waals surface area contributed by atoms with Crippen molar-refractivity contribution in [1.29, 1.82) is 0 Å². The summed E-state index contributed by atoms with van der Waals surface area (Å²) >= 11 is 6.14. The minimum Gasteiger partial charge on any atom is -0.393 e. The molecule has 1 aromatic rings. The third-order valence-corrected chi connectivity index (χ3v) is 4.05. The molecule has 4 nitrogen and oxygen atoms in total. The SMILES string of the molecule is CCCc1nc(Cl)c(C)c(NCC2CCC(O)C2)n1. The zero-order valence-corrected chi connectivity index (χ0v) is 12.4. The minimum absolute atomic E-state index is 0.127. The maximum atomic E-state index is 9.54. The molecule has 1 aliphatic rings. The molecule has 0 saturated heterocycles. The van der Waals surface area contributed by atoms with Gasteiger partial charge >= 0.3 is 0 Å². The lowest BCUT2D eigenvalue weighted by Crippen LogP contribution is -2.15. The van der Waals surface area contributed by atoms with E-state index in [0.717, 1.165) is 55.9 Å². The van der Waals surface area contributed by atoms with Crippen LogP contribution >= 0.6 is 11.6 Å². The Morgan fingerprint density at radius 3 is 2.79 bits per heavy atom. The van der Waals surface area contributed by atoms with E-state index in [1.165, 1.54) is 0 Å². The second kappa shape index (κ2) is 6.53. The highest BCUT2D eigenvalue weighted by molar-refractivity contribution is 6.30. The topological polar surface area (TPSA) is 58.0 Å². The highest BCUT2D eigenvalue weighted by Gasteiger charge is 2.22. The molecule has 0 aromatic carbocycles. The van der Waals surface area contributed by atoms with Gasteiger partial charge in [0, 0.05) is 18.5 Å². The van der Waals surface area contributed by atoms with E-state index in [4.69, 9.17) is 11.6 Å². The monoisotopic (exact) mass is 283 g/mol. The van der Waals surface area contributed by atoms with Gasteiger partial charge in [-0.3, -0.25) is 0 Å². The van der Waals surface area contributed by atoms with Gasteiger partial charge in [0.15, 0.2) is 0 Å². The predicted octanol–water partition coefficient (Wildman–Crippen LogP) is 2.96. The number of anilines is 1. The predicted molar refractivity (Wildman–Crippen MR) is 77.6 cm³/mol. The molecule has 0 aliphatic heterocycles. The van der Waals surface area contributed by atoms with E-state index in [1.807, 2.05) is 6.92 Å². The summed E-state index contributed by atoms with van der Waals surface area (Å²) in [4.78, 5) is 8.82. The lowest BCUT2D eigenvalue weighted by atomic mass is 10.1. The van der Waals surface area contributed by atoms with Gasteiger partial charge < -0.3 is 10.4 Å². The summed E-state index contributed by atoms with van der Waals surface area (Å²) in [5, 5.41) is 13.4. The second-order valence-corrected chi connectivity index (χ2v) is 5.73. The fraction of sp³-hybridized carbons (Fsp3) is 0.714. The number of hydrogen-bond donors (Lipinski definition) is 2. The van der Waals surface area contributed by atoms with Crippen LogP contribution in [0.25, 0.3) is 0 Å². The number of halogens is 1. The molecule has 1 aromatic heterocycles. The minimum atomic E-state index is -0.127. The van der Waals surface area contributed by atoms with Crippen molar-refractivity contribution in [1.82, 2.24) is 9.97 Å². The second-order valence-electron chi connectivity index (χ2n) is 5.37. The highest BCUT2D eigenvalue weighted by Crippen LogP contribution is 2.27. The number of nitrogens with zero attached hydrogens (tertiary/aromatic N) is 2. The molecule has 1 aliphatic carbocycles. The van der Waals surface area contributed by atoms with Crippen LogP contribution in [0, 0.1) is 12.8 Å². The third-order valence-electron chi connectivity index (χ3n) is 3.68. The van der Waals surface area contributed by atoms with Crippen LogP contribution in [-0.4, -0.2) is 27.7 Å². The maximum absolute atomic E-state index is 9.54. The van der Waals surface area contributed by atoms with E-state index in [1.54, 1.807) is 0 Å². The third kappa shape index (κ3) is 3.80. The first kappa shape index (κ1) is 14.5. The van der Waals surface area contributed by atoms with Crippen LogP contribution in [0.3, 0.4) is 0 Å². The molecule has 2 N–H and O–H groups in total. The Labute approximate surface area is 119 Å². The normalized spacial score (nSPS) is 22.7.